The van der Waals surface area contributed by atoms with Gasteiger partial charge >= 0.3 is 6.98 Å². The highest BCUT2D eigenvalue weighted by atomic mass is 19.4. The predicted molar refractivity (Wildman–Crippen MR) is 57.9 cm³/mol. The van der Waals surface area contributed by atoms with Crippen molar-refractivity contribution >= 4 is 12.4 Å². The number of hydrogen-bond acceptors (Lipinski definition) is 1. The van der Waals surface area contributed by atoms with Crippen LogP contribution in [0.5, 0.6) is 5.75 Å². The fourth-order valence-electron chi connectivity index (χ4n) is 1.61. The first-order chi connectivity index (χ1) is 7.97. The van der Waals surface area contributed by atoms with Crippen LogP contribution < -0.4 is 10.2 Å². The van der Waals surface area contributed by atoms with Crippen LogP contribution in [0.15, 0.2) is 18.2 Å². The molecule has 17 heavy (non-hydrogen) atoms. The van der Waals surface area contributed by atoms with Gasteiger partial charge in [0.2, 0.25) is 0 Å². The Labute approximate surface area is 96.8 Å². The van der Waals surface area contributed by atoms with E-state index in [4.69, 9.17) is 4.74 Å². The summed E-state index contributed by atoms with van der Waals surface area (Å²) in [6.07, 6.45) is 3.26. The van der Waals surface area contributed by atoms with Crippen molar-refractivity contribution in [2.75, 3.05) is 6.61 Å². The van der Waals surface area contributed by atoms with Crippen LogP contribution in [0, 0.1) is 11.7 Å². The van der Waals surface area contributed by atoms with E-state index in [-0.39, 0.29) is 5.75 Å². The quantitative estimate of drug-likeness (QED) is 0.573. The summed E-state index contributed by atoms with van der Waals surface area (Å²) in [5.74, 6) is -0.425. The van der Waals surface area contributed by atoms with Gasteiger partial charge in [-0.25, -0.2) is 4.39 Å². The lowest BCUT2D eigenvalue weighted by Gasteiger charge is -2.16. The summed E-state index contributed by atoms with van der Waals surface area (Å²) < 4.78 is 55.3. The number of rotatable bonds is 5. The molecule has 0 aromatic heterocycles. The molecular weight excluding hydrogens is 235 g/mol. The number of benzene rings is 1. The molecule has 2 rings (SSSR count). The van der Waals surface area contributed by atoms with Crippen molar-refractivity contribution in [2.24, 2.45) is 5.92 Å². The van der Waals surface area contributed by atoms with Gasteiger partial charge in [0.15, 0.2) is 0 Å². The highest BCUT2D eigenvalue weighted by molar-refractivity contribution is 6.73. The monoisotopic (exact) mass is 247 g/mol. The number of ether oxygens (including phenoxy) is 1. The molecule has 1 nitrogen and oxygen atoms in total. The predicted octanol–water partition coefficient (Wildman–Crippen LogP) is 3.06. The molecule has 0 saturated heterocycles. The van der Waals surface area contributed by atoms with Crippen molar-refractivity contribution in [2.45, 2.75) is 19.3 Å². The maximum absolute atomic E-state index is 13.2. The van der Waals surface area contributed by atoms with Crippen LogP contribution in [0.3, 0.4) is 0 Å². The maximum Gasteiger partial charge on any atom is 0.512 e. The average molecular weight is 247 g/mol. The first-order valence-corrected chi connectivity index (χ1v) is 5.59. The third-order valence-corrected chi connectivity index (χ3v) is 2.82. The Kier molecular flexibility index (Phi) is 3.31. The van der Waals surface area contributed by atoms with Crippen LogP contribution in [-0.2, 0) is 0 Å². The molecule has 1 aliphatic rings. The summed E-state index contributed by atoms with van der Waals surface area (Å²) >= 11 is 0. The largest absolute Gasteiger partial charge is 0.512 e. The van der Waals surface area contributed by atoms with Crippen molar-refractivity contribution in [3.63, 3.8) is 0 Å². The lowest BCUT2D eigenvalue weighted by Crippen LogP contribution is -2.36. The fraction of sp³-hybridized carbons (Fsp3) is 0.455. The zero-order valence-corrected chi connectivity index (χ0v) is 9.14. The molecule has 1 fully saturated rings. The Hall–Kier alpha value is -1.20. The Morgan fingerprint density at radius 1 is 1.24 bits per heavy atom. The second-order valence-electron chi connectivity index (χ2n) is 4.34. The van der Waals surface area contributed by atoms with Crippen molar-refractivity contribution < 1.29 is 22.1 Å². The van der Waals surface area contributed by atoms with Gasteiger partial charge in [-0.3, -0.25) is 0 Å². The maximum atomic E-state index is 13.2. The van der Waals surface area contributed by atoms with Crippen molar-refractivity contribution in [1.82, 2.24) is 0 Å². The van der Waals surface area contributed by atoms with E-state index in [0.29, 0.717) is 12.5 Å². The van der Waals surface area contributed by atoms with Gasteiger partial charge in [0.25, 0.3) is 0 Å². The second-order valence-corrected chi connectivity index (χ2v) is 4.34. The average Bonchev–Trinajstić information content (AvgIpc) is 2.99. The lowest BCUT2D eigenvalue weighted by molar-refractivity contribution is 0.301. The van der Waals surface area contributed by atoms with Gasteiger partial charge < -0.3 is 17.7 Å². The van der Waals surface area contributed by atoms with Crippen molar-refractivity contribution in [3.05, 3.63) is 24.0 Å². The highest BCUT2D eigenvalue weighted by Gasteiger charge is 2.29. The minimum absolute atomic E-state index is 0.159. The topological polar surface area (TPSA) is 9.23 Å². The number of halogens is 4. The molecule has 0 aliphatic heterocycles. The Balaban J connectivity index is 1.97. The highest BCUT2D eigenvalue weighted by Crippen LogP contribution is 2.32. The van der Waals surface area contributed by atoms with Crippen LogP contribution in [0.1, 0.15) is 19.3 Å². The van der Waals surface area contributed by atoms with E-state index in [1.54, 1.807) is 0 Å². The molecule has 0 spiro atoms. The summed E-state index contributed by atoms with van der Waals surface area (Å²) in [7, 11) is 0. The van der Waals surface area contributed by atoms with Crippen molar-refractivity contribution in [3.8, 4) is 5.75 Å². The van der Waals surface area contributed by atoms with Gasteiger partial charge in [-0.1, -0.05) is 24.4 Å². The molecular formula is C11H12BF4O-. The van der Waals surface area contributed by atoms with E-state index < -0.39 is 18.3 Å². The molecule has 1 aromatic carbocycles. The molecule has 0 unspecified atom stereocenters. The molecule has 94 valence electrons. The molecule has 1 aliphatic carbocycles. The zero-order chi connectivity index (χ0) is 12.5. The van der Waals surface area contributed by atoms with Crippen LogP contribution in [0.25, 0.3) is 0 Å². The van der Waals surface area contributed by atoms with Gasteiger partial charge in [-0.2, -0.15) is 0 Å². The summed E-state index contributed by atoms with van der Waals surface area (Å²) in [5, 5.41) is 0. The van der Waals surface area contributed by atoms with Gasteiger partial charge in [0.05, 0.1) is 12.4 Å². The Morgan fingerprint density at radius 2 is 1.94 bits per heavy atom. The normalized spacial score (nSPS) is 16.0. The summed E-state index contributed by atoms with van der Waals surface area (Å²) in [6, 6.07) is 2.71. The third-order valence-electron chi connectivity index (χ3n) is 2.82. The van der Waals surface area contributed by atoms with Crippen LogP contribution >= 0.6 is 0 Å². The molecule has 6 heteroatoms. The van der Waals surface area contributed by atoms with Crippen LogP contribution in [-0.4, -0.2) is 13.6 Å². The third kappa shape index (κ3) is 3.38. The second kappa shape index (κ2) is 4.59. The smallest absolute Gasteiger partial charge is 0.493 e. The van der Waals surface area contributed by atoms with E-state index in [9.17, 15) is 17.3 Å². The van der Waals surface area contributed by atoms with E-state index in [2.05, 4.69) is 0 Å². The summed E-state index contributed by atoms with van der Waals surface area (Å²) in [6.45, 7) is -4.86. The SMILES string of the molecule is Fc1cc(OCCC2CC2)ccc1[B-](F)(F)F. The molecule has 0 heterocycles. The van der Waals surface area contributed by atoms with Crippen LogP contribution in [0.2, 0.25) is 0 Å². The van der Waals surface area contributed by atoms with Gasteiger partial charge in [0.1, 0.15) is 5.75 Å². The van der Waals surface area contributed by atoms with E-state index in [1.165, 1.54) is 18.9 Å². The Bertz CT molecular complexity index is 401. The van der Waals surface area contributed by atoms with E-state index in [1.807, 2.05) is 0 Å². The van der Waals surface area contributed by atoms with E-state index >= 15 is 0 Å². The van der Waals surface area contributed by atoms with Crippen LogP contribution in [0.4, 0.5) is 17.3 Å². The van der Waals surface area contributed by atoms with Gasteiger partial charge in [-0.05, 0) is 18.4 Å². The summed E-state index contributed by atoms with van der Waals surface area (Å²) in [5.41, 5.74) is -1.19. The first kappa shape index (κ1) is 12.3. The molecule has 0 amide bonds. The van der Waals surface area contributed by atoms with Crippen molar-refractivity contribution in [1.29, 1.82) is 0 Å². The Morgan fingerprint density at radius 3 is 2.47 bits per heavy atom. The lowest BCUT2D eigenvalue weighted by atomic mass is 9.80. The first-order valence-electron chi connectivity index (χ1n) is 5.59. The molecule has 0 N–H and O–H groups in total. The molecule has 0 atom stereocenters. The number of hydrogen-bond donors (Lipinski definition) is 0. The standard InChI is InChI=1S/C11H12BF4O/c13-11-7-9(17-6-5-8-1-2-8)3-4-10(11)12(14,15)16/h3-4,7-8H,1-2,5-6H2/q-1. The fourth-order valence-corrected chi connectivity index (χ4v) is 1.61. The molecule has 0 radical (unpaired) electrons. The molecule has 0 bridgehead atoms. The van der Waals surface area contributed by atoms with Gasteiger partial charge in [-0.15, -0.1) is 0 Å². The minimum atomic E-state index is -5.29. The van der Waals surface area contributed by atoms with E-state index in [0.717, 1.165) is 18.6 Å². The minimum Gasteiger partial charge on any atom is -0.493 e. The summed E-state index contributed by atoms with van der Waals surface area (Å²) in [4.78, 5) is 0. The zero-order valence-electron chi connectivity index (χ0n) is 9.14. The van der Waals surface area contributed by atoms with Gasteiger partial charge in [0, 0.05) is 6.07 Å². The molecule has 1 aromatic rings. The molecule has 1 saturated carbocycles.